The van der Waals surface area contributed by atoms with Crippen LogP contribution in [-0.2, 0) is 9.47 Å². The number of unbranched alkanes of at least 4 members (excludes halogenated alkanes) is 12. The molecule has 1 N–H and O–H groups in total. The van der Waals surface area contributed by atoms with Crippen molar-refractivity contribution in [1.29, 1.82) is 0 Å². The van der Waals surface area contributed by atoms with Crippen LogP contribution in [0.2, 0.25) is 0 Å². The maximum Gasteiger partial charge on any atom is 0.339 e. The number of carbonyl (C=O) groups is 3. The van der Waals surface area contributed by atoms with E-state index >= 15 is 0 Å². The summed E-state index contributed by atoms with van der Waals surface area (Å²) in [7, 11) is 0. The Bertz CT molecular complexity index is 829. The summed E-state index contributed by atoms with van der Waals surface area (Å²) in [5, 5.41) is 9.60. The van der Waals surface area contributed by atoms with Crippen molar-refractivity contribution in [2.75, 3.05) is 13.2 Å². The van der Waals surface area contributed by atoms with E-state index in [-0.39, 0.29) is 29.9 Å². The number of rotatable bonds is 23. The van der Waals surface area contributed by atoms with Crippen LogP contribution in [0.15, 0.2) is 18.2 Å². The summed E-state index contributed by atoms with van der Waals surface area (Å²) >= 11 is 0. The average molecular weight is 547 g/mol. The summed E-state index contributed by atoms with van der Waals surface area (Å²) in [4.78, 5) is 37.3. The second-order valence-electron chi connectivity index (χ2n) is 11.6. The van der Waals surface area contributed by atoms with Crippen molar-refractivity contribution < 1.29 is 29.0 Å². The molecule has 1 aromatic carbocycles. The van der Waals surface area contributed by atoms with Crippen LogP contribution in [0.25, 0.3) is 0 Å². The zero-order chi connectivity index (χ0) is 28.9. The molecule has 0 atom stereocenters. The lowest BCUT2D eigenvalue weighted by Gasteiger charge is -2.12. The number of aromatic carboxylic acids is 1. The highest BCUT2D eigenvalue weighted by molar-refractivity contribution is 6.10. The van der Waals surface area contributed by atoms with Gasteiger partial charge in [0.1, 0.15) is 0 Å². The first-order chi connectivity index (χ1) is 18.7. The summed E-state index contributed by atoms with van der Waals surface area (Å²) in [5.41, 5.74) is -0.513. The standard InChI is InChI=1S/C33H54O6/c1-26(2)20-15-11-7-5-9-13-17-24-38-32(36)29-23-19-22-28(31(34)35)30(29)33(37)39-25-18-14-10-6-8-12-16-21-27(3)4/h19,22-23,26-27H,5-18,20-21,24-25H2,1-4H3,(H,34,35). The zero-order valence-electron chi connectivity index (χ0n) is 25.1. The van der Waals surface area contributed by atoms with Crippen LogP contribution in [0.5, 0.6) is 0 Å². The second kappa shape index (κ2) is 21.5. The van der Waals surface area contributed by atoms with Crippen molar-refractivity contribution in [3.63, 3.8) is 0 Å². The van der Waals surface area contributed by atoms with Gasteiger partial charge in [0.2, 0.25) is 0 Å². The van der Waals surface area contributed by atoms with Gasteiger partial charge in [0, 0.05) is 0 Å². The summed E-state index contributed by atoms with van der Waals surface area (Å²) in [6.07, 6.45) is 18.0. The van der Waals surface area contributed by atoms with Gasteiger partial charge in [0.05, 0.1) is 29.9 Å². The van der Waals surface area contributed by atoms with E-state index in [0.29, 0.717) is 6.42 Å². The Kier molecular flexibility index (Phi) is 19.1. The quantitative estimate of drug-likeness (QED) is 0.109. The normalized spacial score (nSPS) is 11.2. The van der Waals surface area contributed by atoms with Gasteiger partial charge in [-0.15, -0.1) is 0 Å². The van der Waals surface area contributed by atoms with Crippen molar-refractivity contribution in [1.82, 2.24) is 0 Å². The summed E-state index contributed by atoms with van der Waals surface area (Å²) in [6.45, 7) is 9.46. The van der Waals surface area contributed by atoms with Crippen LogP contribution in [0.3, 0.4) is 0 Å². The number of esters is 2. The second-order valence-corrected chi connectivity index (χ2v) is 11.6. The molecule has 1 rings (SSSR count). The van der Waals surface area contributed by atoms with Gasteiger partial charge >= 0.3 is 17.9 Å². The fourth-order valence-electron chi connectivity index (χ4n) is 4.68. The van der Waals surface area contributed by atoms with Crippen molar-refractivity contribution in [3.8, 4) is 0 Å². The number of carboxylic acids is 1. The maximum atomic E-state index is 12.8. The molecule has 0 aliphatic rings. The topological polar surface area (TPSA) is 89.9 Å². The maximum absolute atomic E-state index is 12.8. The van der Waals surface area contributed by atoms with E-state index in [1.54, 1.807) is 0 Å². The van der Waals surface area contributed by atoms with Gasteiger partial charge in [-0.1, -0.05) is 124 Å². The minimum atomic E-state index is -1.28. The third kappa shape index (κ3) is 16.4. The third-order valence-corrected chi connectivity index (χ3v) is 7.04. The molecule has 0 amide bonds. The van der Waals surface area contributed by atoms with Crippen LogP contribution >= 0.6 is 0 Å². The van der Waals surface area contributed by atoms with E-state index < -0.39 is 17.9 Å². The average Bonchev–Trinajstić information content (AvgIpc) is 2.89. The molecule has 0 fully saturated rings. The minimum absolute atomic E-state index is 0.0496. The largest absolute Gasteiger partial charge is 0.478 e. The number of carboxylic acid groups (broad SMARTS) is 1. The molecular formula is C33H54O6. The Morgan fingerprint density at radius 1 is 0.590 bits per heavy atom. The van der Waals surface area contributed by atoms with E-state index in [0.717, 1.165) is 43.9 Å². The Balaban J connectivity index is 2.42. The molecular weight excluding hydrogens is 492 g/mol. The summed E-state index contributed by atoms with van der Waals surface area (Å²) in [5.74, 6) is -1.22. The Labute approximate surface area is 237 Å². The molecule has 1 aromatic rings. The van der Waals surface area contributed by atoms with Crippen LogP contribution in [-0.4, -0.2) is 36.2 Å². The molecule has 0 unspecified atom stereocenters. The number of hydrogen-bond donors (Lipinski definition) is 1. The van der Waals surface area contributed by atoms with Gasteiger partial charge < -0.3 is 14.6 Å². The van der Waals surface area contributed by atoms with Gasteiger partial charge in [-0.25, -0.2) is 14.4 Å². The van der Waals surface area contributed by atoms with Crippen LogP contribution in [0, 0.1) is 11.8 Å². The van der Waals surface area contributed by atoms with E-state index in [1.807, 2.05) is 0 Å². The van der Waals surface area contributed by atoms with Crippen LogP contribution in [0.1, 0.15) is 162 Å². The van der Waals surface area contributed by atoms with E-state index in [4.69, 9.17) is 9.47 Å². The van der Waals surface area contributed by atoms with Gasteiger partial charge in [0.15, 0.2) is 0 Å². The minimum Gasteiger partial charge on any atom is -0.478 e. The molecule has 0 aromatic heterocycles. The van der Waals surface area contributed by atoms with Crippen molar-refractivity contribution in [2.24, 2.45) is 11.8 Å². The van der Waals surface area contributed by atoms with Crippen LogP contribution in [0.4, 0.5) is 0 Å². The Morgan fingerprint density at radius 2 is 0.974 bits per heavy atom. The molecule has 6 heteroatoms. The van der Waals surface area contributed by atoms with Crippen molar-refractivity contribution >= 4 is 17.9 Å². The molecule has 222 valence electrons. The zero-order valence-corrected chi connectivity index (χ0v) is 25.1. The predicted octanol–water partition coefficient (Wildman–Crippen LogP) is 9.25. The van der Waals surface area contributed by atoms with E-state index in [2.05, 4.69) is 27.7 Å². The molecule has 0 heterocycles. The first-order valence-electron chi connectivity index (χ1n) is 15.4. The molecule has 0 aliphatic carbocycles. The molecule has 0 saturated carbocycles. The fourth-order valence-corrected chi connectivity index (χ4v) is 4.68. The number of hydrogen-bond acceptors (Lipinski definition) is 5. The molecule has 0 spiro atoms. The number of carbonyl (C=O) groups excluding carboxylic acids is 2. The van der Waals surface area contributed by atoms with Gasteiger partial charge in [-0.05, 0) is 36.8 Å². The van der Waals surface area contributed by atoms with E-state index in [9.17, 15) is 19.5 Å². The molecule has 0 bridgehead atoms. The molecule has 6 nitrogen and oxygen atoms in total. The molecule has 39 heavy (non-hydrogen) atoms. The predicted molar refractivity (Wildman–Crippen MR) is 158 cm³/mol. The summed E-state index contributed by atoms with van der Waals surface area (Å²) < 4.78 is 10.8. The number of benzene rings is 1. The Hall–Kier alpha value is -2.37. The molecule has 0 aliphatic heterocycles. The summed E-state index contributed by atoms with van der Waals surface area (Å²) in [6, 6.07) is 4.20. The van der Waals surface area contributed by atoms with Crippen molar-refractivity contribution in [2.45, 2.75) is 130 Å². The molecule has 0 radical (unpaired) electrons. The Morgan fingerprint density at radius 3 is 1.41 bits per heavy atom. The SMILES string of the molecule is CC(C)CCCCCCCCCOC(=O)c1cccc(C(=O)O)c1C(=O)OCCCCCCCCCC(C)C. The van der Waals surface area contributed by atoms with Gasteiger partial charge in [-0.3, -0.25) is 0 Å². The fraction of sp³-hybridized carbons (Fsp3) is 0.727. The van der Waals surface area contributed by atoms with E-state index in [1.165, 1.54) is 82.4 Å². The lowest BCUT2D eigenvalue weighted by Crippen LogP contribution is -2.19. The molecule has 0 saturated heterocycles. The third-order valence-electron chi connectivity index (χ3n) is 7.04. The van der Waals surface area contributed by atoms with Crippen molar-refractivity contribution in [3.05, 3.63) is 34.9 Å². The first kappa shape index (κ1) is 34.7. The van der Waals surface area contributed by atoms with Crippen LogP contribution < -0.4 is 0 Å². The highest BCUT2D eigenvalue weighted by Crippen LogP contribution is 2.19. The first-order valence-corrected chi connectivity index (χ1v) is 15.4. The highest BCUT2D eigenvalue weighted by Gasteiger charge is 2.26. The highest BCUT2D eigenvalue weighted by atomic mass is 16.5. The van der Waals surface area contributed by atoms with Gasteiger partial charge in [-0.2, -0.15) is 0 Å². The lowest BCUT2D eigenvalue weighted by atomic mass is 10.0. The smallest absolute Gasteiger partial charge is 0.339 e. The lowest BCUT2D eigenvalue weighted by molar-refractivity contribution is 0.0446. The monoisotopic (exact) mass is 546 g/mol. The van der Waals surface area contributed by atoms with Gasteiger partial charge in [0.25, 0.3) is 0 Å². The number of ether oxygens (including phenoxy) is 2.